The molecule has 0 radical (unpaired) electrons. The van der Waals surface area contributed by atoms with E-state index >= 15 is 0 Å². The molecule has 2 heterocycles. The molecule has 6 heteroatoms. The van der Waals surface area contributed by atoms with Gasteiger partial charge in [0.1, 0.15) is 11.6 Å². The van der Waals surface area contributed by atoms with Crippen LogP contribution >= 0.6 is 11.6 Å². The molecule has 0 aliphatic carbocycles. The molecule has 2 aromatic rings. The van der Waals surface area contributed by atoms with E-state index in [1.54, 1.807) is 11.1 Å². The molecule has 0 spiro atoms. The van der Waals surface area contributed by atoms with Gasteiger partial charge in [-0.2, -0.15) is 0 Å². The highest BCUT2D eigenvalue weighted by Gasteiger charge is 2.24. The molecule has 1 saturated heterocycles. The van der Waals surface area contributed by atoms with Crippen molar-refractivity contribution in [1.29, 1.82) is 0 Å². The molecule has 22 heavy (non-hydrogen) atoms. The number of anilines is 1. The first-order valence-corrected chi connectivity index (χ1v) is 7.43. The number of aromatic nitrogens is 1. The summed E-state index contributed by atoms with van der Waals surface area (Å²) in [5.41, 5.74) is 0.0267. The molecule has 1 aliphatic heterocycles. The minimum atomic E-state index is -0.540. The highest BCUT2D eigenvalue weighted by atomic mass is 35.5. The Labute approximate surface area is 133 Å². The van der Waals surface area contributed by atoms with E-state index in [-0.39, 0.29) is 11.5 Å². The van der Waals surface area contributed by atoms with Crippen LogP contribution in [0.25, 0.3) is 0 Å². The van der Waals surface area contributed by atoms with E-state index in [1.807, 2.05) is 18.2 Å². The molecule has 1 aromatic heterocycles. The number of carbonyl (C=O) groups is 1. The van der Waals surface area contributed by atoms with Gasteiger partial charge in [-0.3, -0.25) is 4.79 Å². The number of piperazine rings is 1. The zero-order chi connectivity index (χ0) is 15.5. The van der Waals surface area contributed by atoms with Crippen LogP contribution in [0.4, 0.5) is 10.2 Å². The maximum atomic E-state index is 13.8. The van der Waals surface area contributed by atoms with Gasteiger partial charge in [0.25, 0.3) is 5.91 Å². The van der Waals surface area contributed by atoms with E-state index in [0.29, 0.717) is 31.2 Å². The van der Waals surface area contributed by atoms with E-state index in [0.717, 1.165) is 5.82 Å². The van der Waals surface area contributed by atoms with Crippen LogP contribution in [0.15, 0.2) is 42.6 Å². The topological polar surface area (TPSA) is 36.4 Å². The fourth-order valence-corrected chi connectivity index (χ4v) is 2.68. The van der Waals surface area contributed by atoms with Crippen LogP contribution in [0.5, 0.6) is 0 Å². The van der Waals surface area contributed by atoms with Gasteiger partial charge in [-0.05, 0) is 30.3 Å². The lowest BCUT2D eigenvalue weighted by Crippen LogP contribution is -2.49. The predicted molar refractivity (Wildman–Crippen MR) is 83.8 cm³/mol. The van der Waals surface area contributed by atoms with Gasteiger partial charge in [-0.1, -0.05) is 17.7 Å². The van der Waals surface area contributed by atoms with Crippen molar-refractivity contribution in [2.75, 3.05) is 31.1 Å². The van der Waals surface area contributed by atoms with Crippen molar-refractivity contribution >= 4 is 23.3 Å². The Bertz CT molecular complexity index is 672. The number of carbonyl (C=O) groups excluding carboxylic acids is 1. The summed E-state index contributed by atoms with van der Waals surface area (Å²) in [6.07, 6.45) is 1.74. The Balaban J connectivity index is 1.68. The van der Waals surface area contributed by atoms with Gasteiger partial charge >= 0.3 is 0 Å². The van der Waals surface area contributed by atoms with Gasteiger partial charge in [0, 0.05) is 37.4 Å². The fraction of sp³-hybridized carbons (Fsp3) is 0.250. The lowest BCUT2D eigenvalue weighted by molar-refractivity contribution is 0.0742. The molecule has 1 aliphatic rings. The molecule has 4 nitrogen and oxygen atoms in total. The largest absolute Gasteiger partial charge is 0.353 e. The highest BCUT2D eigenvalue weighted by molar-refractivity contribution is 6.31. The van der Waals surface area contributed by atoms with Crippen LogP contribution in [-0.4, -0.2) is 42.0 Å². The van der Waals surface area contributed by atoms with Gasteiger partial charge in [0.15, 0.2) is 0 Å². The summed E-state index contributed by atoms with van der Waals surface area (Å²) in [6.45, 7) is 2.40. The summed E-state index contributed by atoms with van der Waals surface area (Å²) in [4.78, 5) is 20.5. The van der Waals surface area contributed by atoms with Crippen molar-refractivity contribution in [2.24, 2.45) is 0 Å². The summed E-state index contributed by atoms with van der Waals surface area (Å²) in [5.74, 6) is 0.0331. The molecule has 1 aromatic carbocycles. The van der Waals surface area contributed by atoms with Crippen LogP contribution in [0.3, 0.4) is 0 Å². The van der Waals surface area contributed by atoms with Crippen molar-refractivity contribution in [2.45, 2.75) is 0 Å². The van der Waals surface area contributed by atoms with Crippen LogP contribution in [0, 0.1) is 5.82 Å². The molecular weight excluding hydrogens is 305 g/mol. The third-order valence-electron chi connectivity index (χ3n) is 3.70. The van der Waals surface area contributed by atoms with E-state index < -0.39 is 5.82 Å². The van der Waals surface area contributed by atoms with Gasteiger partial charge < -0.3 is 9.80 Å². The predicted octanol–water partition coefficient (Wildman–Crippen LogP) is 2.84. The molecule has 0 atom stereocenters. The van der Waals surface area contributed by atoms with Gasteiger partial charge in [0.2, 0.25) is 0 Å². The van der Waals surface area contributed by atoms with E-state index in [4.69, 9.17) is 11.6 Å². The summed E-state index contributed by atoms with van der Waals surface area (Å²) < 4.78 is 13.8. The maximum absolute atomic E-state index is 13.8. The number of amides is 1. The highest BCUT2D eigenvalue weighted by Crippen LogP contribution is 2.19. The van der Waals surface area contributed by atoms with Crippen molar-refractivity contribution in [1.82, 2.24) is 9.88 Å². The Morgan fingerprint density at radius 3 is 2.59 bits per heavy atom. The molecule has 0 unspecified atom stereocenters. The van der Waals surface area contributed by atoms with Gasteiger partial charge in [-0.25, -0.2) is 9.37 Å². The summed E-state index contributed by atoms with van der Waals surface area (Å²) >= 11 is 5.85. The Kier molecular flexibility index (Phi) is 4.24. The average Bonchev–Trinajstić information content (AvgIpc) is 2.57. The number of rotatable bonds is 2. The molecule has 3 rings (SSSR count). The van der Waals surface area contributed by atoms with Crippen LogP contribution in [0.2, 0.25) is 5.02 Å². The summed E-state index contributed by atoms with van der Waals surface area (Å²) in [7, 11) is 0. The molecule has 0 saturated carbocycles. The molecule has 114 valence electrons. The number of pyridine rings is 1. The second kappa shape index (κ2) is 6.32. The minimum absolute atomic E-state index is 0.0267. The minimum Gasteiger partial charge on any atom is -0.353 e. The molecule has 0 bridgehead atoms. The summed E-state index contributed by atoms with van der Waals surface area (Å²) in [5, 5.41) is 0.358. The van der Waals surface area contributed by atoms with E-state index in [1.165, 1.54) is 18.2 Å². The maximum Gasteiger partial charge on any atom is 0.257 e. The van der Waals surface area contributed by atoms with Crippen LogP contribution in [-0.2, 0) is 0 Å². The van der Waals surface area contributed by atoms with Crippen molar-refractivity contribution in [3.05, 3.63) is 59.0 Å². The quantitative estimate of drug-likeness (QED) is 0.854. The van der Waals surface area contributed by atoms with Crippen LogP contribution < -0.4 is 4.90 Å². The van der Waals surface area contributed by atoms with Crippen LogP contribution in [0.1, 0.15) is 10.4 Å². The molecule has 0 N–H and O–H groups in total. The zero-order valence-electron chi connectivity index (χ0n) is 11.9. The summed E-state index contributed by atoms with van der Waals surface area (Å²) in [6, 6.07) is 9.78. The number of hydrogen-bond donors (Lipinski definition) is 0. The number of halogens is 2. The average molecular weight is 320 g/mol. The number of hydrogen-bond acceptors (Lipinski definition) is 3. The number of nitrogens with zero attached hydrogens (tertiary/aromatic N) is 3. The van der Waals surface area contributed by atoms with Crippen molar-refractivity contribution in [3.8, 4) is 0 Å². The molecular formula is C16H15ClFN3O. The van der Waals surface area contributed by atoms with Crippen molar-refractivity contribution < 1.29 is 9.18 Å². The van der Waals surface area contributed by atoms with Gasteiger partial charge in [-0.15, -0.1) is 0 Å². The first kappa shape index (κ1) is 14.8. The standard InChI is InChI=1S/C16H15ClFN3O/c17-12-4-5-14(18)13(11-12)16(22)21-9-7-20(8-10-21)15-3-1-2-6-19-15/h1-6,11H,7-10H2. The fourth-order valence-electron chi connectivity index (χ4n) is 2.51. The molecule has 1 amide bonds. The lowest BCUT2D eigenvalue weighted by Gasteiger charge is -2.35. The van der Waals surface area contributed by atoms with Crippen molar-refractivity contribution in [3.63, 3.8) is 0 Å². The monoisotopic (exact) mass is 319 g/mol. The Hall–Kier alpha value is -2.14. The first-order valence-electron chi connectivity index (χ1n) is 7.05. The smallest absolute Gasteiger partial charge is 0.257 e. The molecule has 1 fully saturated rings. The van der Waals surface area contributed by atoms with Gasteiger partial charge in [0.05, 0.1) is 5.56 Å². The normalized spacial score (nSPS) is 15.0. The first-order chi connectivity index (χ1) is 10.6. The SMILES string of the molecule is O=C(c1cc(Cl)ccc1F)N1CCN(c2ccccn2)CC1. The lowest BCUT2D eigenvalue weighted by atomic mass is 10.1. The second-order valence-corrected chi connectivity index (χ2v) is 5.53. The second-order valence-electron chi connectivity index (χ2n) is 5.09. The third-order valence-corrected chi connectivity index (χ3v) is 3.93. The van der Waals surface area contributed by atoms with E-state index in [2.05, 4.69) is 9.88 Å². The third kappa shape index (κ3) is 3.04. The Morgan fingerprint density at radius 1 is 1.14 bits per heavy atom. The number of benzene rings is 1. The Morgan fingerprint density at radius 2 is 1.91 bits per heavy atom. The zero-order valence-corrected chi connectivity index (χ0v) is 12.6. The van der Waals surface area contributed by atoms with E-state index in [9.17, 15) is 9.18 Å².